The van der Waals surface area contributed by atoms with Crippen LogP contribution in [-0.2, 0) is 10.0 Å². The van der Waals surface area contributed by atoms with Gasteiger partial charge in [-0.25, -0.2) is 0 Å². The molecule has 0 atom stereocenters. The zero-order chi connectivity index (χ0) is 16.1. The number of anilines is 1. The van der Waals surface area contributed by atoms with Crippen molar-refractivity contribution >= 4 is 44.4 Å². The van der Waals surface area contributed by atoms with Crippen LogP contribution < -0.4 is 11.5 Å². The minimum Gasteiger partial charge on any atom is -0.366 e. The van der Waals surface area contributed by atoms with Crippen LogP contribution in [0.5, 0.6) is 0 Å². The molecular weight excluding hydrogens is 334 g/mol. The van der Waals surface area contributed by atoms with Crippen molar-refractivity contribution in [3.05, 3.63) is 28.9 Å². The molecule has 0 saturated heterocycles. The molecule has 5 N–H and O–H groups in total. The zero-order valence-electron chi connectivity index (χ0n) is 10.7. The van der Waals surface area contributed by atoms with Crippen LogP contribution in [0.25, 0.3) is 10.9 Å². The lowest BCUT2D eigenvalue weighted by Crippen LogP contribution is -2.22. The Labute approximate surface area is 128 Å². The van der Waals surface area contributed by atoms with Gasteiger partial charge < -0.3 is 16.5 Å². The van der Waals surface area contributed by atoms with Gasteiger partial charge in [-0.1, -0.05) is 20.8 Å². The number of nitrogens with zero attached hydrogens (tertiary/aromatic N) is 4. The van der Waals surface area contributed by atoms with Gasteiger partial charge in [0.1, 0.15) is 10.6 Å². The summed E-state index contributed by atoms with van der Waals surface area (Å²) in [5.41, 5.74) is 10.7. The molecule has 0 saturated carbocycles. The minimum absolute atomic E-state index is 0.177. The van der Waals surface area contributed by atoms with Crippen LogP contribution in [0.15, 0.2) is 23.1 Å². The summed E-state index contributed by atoms with van der Waals surface area (Å²) in [5, 5.41) is 10.3. The van der Waals surface area contributed by atoms with E-state index in [-0.39, 0.29) is 16.1 Å². The fraction of sp³-hybridized carbons (Fsp3) is 0. The minimum atomic E-state index is -4.34. The van der Waals surface area contributed by atoms with E-state index in [4.69, 9.17) is 23.1 Å². The monoisotopic (exact) mass is 341 g/mol. The summed E-state index contributed by atoms with van der Waals surface area (Å²) >= 11 is 5.89. The maximum atomic E-state index is 12.7. The highest BCUT2D eigenvalue weighted by atomic mass is 35.5. The van der Waals surface area contributed by atoms with Crippen LogP contribution in [-0.4, -0.2) is 38.9 Å². The molecule has 0 fully saturated rings. The molecule has 0 bridgehead atoms. The average molecular weight is 342 g/mol. The fourth-order valence-corrected chi connectivity index (χ4v) is 3.64. The third-order valence-electron chi connectivity index (χ3n) is 2.91. The molecule has 2 heterocycles. The number of halogens is 1. The Bertz CT molecular complexity index is 1010. The molecule has 1 aromatic carbocycles. The molecule has 0 unspecified atom stereocenters. The molecule has 0 aliphatic rings. The van der Waals surface area contributed by atoms with Crippen molar-refractivity contribution in [1.29, 1.82) is 0 Å². The zero-order valence-corrected chi connectivity index (χ0v) is 12.3. The second kappa shape index (κ2) is 4.68. The summed E-state index contributed by atoms with van der Waals surface area (Å²) in [7, 11) is -4.34. The maximum absolute atomic E-state index is 12.7. The summed E-state index contributed by atoms with van der Waals surface area (Å²) < 4.78 is 25.8. The molecule has 0 radical (unpaired) electrons. The van der Waals surface area contributed by atoms with Gasteiger partial charge >= 0.3 is 0 Å². The standard InChI is InChI=1S/C10H8ClN7O3S/c11-4-1-2-6-5(3-4)8(7(14-6)9(12)19)22(20,21)18-10(13)15-16-17-18/h1-3,14H,(H2,12,19)(H2,13,15,17). The number of H-pyrrole nitrogens is 1. The van der Waals surface area contributed by atoms with Gasteiger partial charge in [0.05, 0.1) is 0 Å². The number of amides is 1. The summed E-state index contributed by atoms with van der Waals surface area (Å²) in [6, 6.07) is 4.44. The Morgan fingerprint density at radius 1 is 1.36 bits per heavy atom. The van der Waals surface area contributed by atoms with E-state index >= 15 is 0 Å². The third kappa shape index (κ3) is 1.98. The average Bonchev–Trinajstić information content (AvgIpc) is 3.02. The van der Waals surface area contributed by atoms with Crippen LogP contribution in [0.2, 0.25) is 5.02 Å². The number of nitrogens with one attached hydrogen (secondary N) is 1. The molecule has 22 heavy (non-hydrogen) atoms. The Balaban J connectivity index is 2.43. The van der Waals surface area contributed by atoms with E-state index in [2.05, 4.69) is 20.5 Å². The largest absolute Gasteiger partial charge is 0.366 e. The Morgan fingerprint density at radius 2 is 2.09 bits per heavy atom. The first kappa shape index (κ1) is 14.3. The molecule has 3 aromatic rings. The molecule has 3 rings (SSSR count). The van der Waals surface area contributed by atoms with E-state index < -0.39 is 26.8 Å². The van der Waals surface area contributed by atoms with Crippen LogP contribution in [0.4, 0.5) is 5.95 Å². The highest BCUT2D eigenvalue weighted by molar-refractivity contribution is 7.90. The molecule has 2 aromatic heterocycles. The highest BCUT2D eigenvalue weighted by Gasteiger charge is 2.31. The Hall–Kier alpha value is -2.66. The van der Waals surface area contributed by atoms with Crippen molar-refractivity contribution < 1.29 is 13.2 Å². The second-order valence-electron chi connectivity index (χ2n) is 4.27. The number of aromatic amines is 1. The van der Waals surface area contributed by atoms with E-state index in [1.807, 2.05) is 0 Å². The number of nitrogen functional groups attached to an aromatic ring is 1. The summed E-state index contributed by atoms with van der Waals surface area (Å²) in [5.74, 6) is -1.41. The van der Waals surface area contributed by atoms with Gasteiger partial charge in [0.25, 0.3) is 21.9 Å². The number of tetrazole rings is 1. The van der Waals surface area contributed by atoms with Crippen molar-refractivity contribution in [3.8, 4) is 0 Å². The topological polar surface area (TPSA) is 163 Å². The number of hydrogen-bond acceptors (Lipinski definition) is 7. The van der Waals surface area contributed by atoms with Gasteiger partial charge in [0, 0.05) is 15.9 Å². The molecular formula is C10H8ClN7O3S. The first-order valence-electron chi connectivity index (χ1n) is 5.73. The lowest BCUT2D eigenvalue weighted by atomic mass is 10.2. The van der Waals surface area contributed by atoms with Crippen molar-refractivity contribution in [2.75, 3.05) is 5.73 Å². The van der Waals surface area contributed by atoms with E-state index in [1.54, 1.807) is 0 Å². The lowest BCUT2D eigenvalue weighted by molar-refractivity contribution is 0.0993. The van der Waals surface area contributed by atoms with Crippen LogP contribution in [0.1, 0.15) is 10.5 Å². The molecule has 12 heteroatoms. The molecule has 0 aliphatic heterocycles. The maximum Gasteiger partial charge on any atom is 0.290 e. The highest BCUT2D eigenvalue weighted by Crippen LogP contribution is 2.30. The summed E-state index contributed by atoms with van der Waals surface area (Å²) in [4.78, 5) is 13.8. The van der Waals surface area contributed by atoms with Gasteiger partial charge in [-0.15, -0.1) is 0 Å². The summed E-state index contributed by atoms with van der Waals surface area (Å²) in [6.07, 6.45) is 0. The van der Waals surface area contributed by atoms with Crippen molar-refractivity contribution in [3.63, 3.8) is 0 Å². The van der Waals surface area contributed by atoms with Gasteiger partial charge in [-0.05, 0) is 28.6 Å². The van der Waals surface area contributed by atoms with Gasteiger partial charge in [-0.2, -0.15) is 8.42 Å². The number of rotatable bonds is 3. The number of carbonyl (C=O) groups is 1. The van der Waals surface area contributed by atoms with Crippen LogP contribution in [0.3, 0.4) is 0 Å². The normalized spacial score (nSPS) is 11.9. The SMILES string of the molecule is NC(=O)c1[nH]c2ccc(Cl)cc2c1S(=O)(=O)n1nnnc1N. The second-order valence-corrected chi connectivity index (χ2v) is 6.41. The summed E-state index contributed by atoms with van der Waals surface area (Å²) in [6.45, 7) is 0. The molecule has 0 aliphatic carbocycles. The van der Waals surface area contributed by atoms with Crippen molar-refractivity contribution in [2.45, 2.75) is 4.90 Å². The van der Waals surface area contributed by atoms with Crippen LogP contribution >= 0.6 is 11.6 Å². The van der Waals surface area contributed by atoms with Gasteiger partial charge in [-0.3, -0.25) is 4.79 Å². The number of nitrogens with two attached hydrogens (primary N) is 2. The van der Waals surface area contributed by atoms with E-state index in [9.17, 15) is 13.2 Å². The van der Waals surface area contributed by atoms with E-state index in [0.29, 0.717) is 9.60 Å². The van der Waals surface area contributed by atoms with E-state index in [0.717, 1.165) is 0 Å². The number of carbonyl (C=O) groups excluding carboxylic acids is 1. The van der Waals surface area contributed by atoms with Crippen molar-refractivity contribution in [1.82, 2.24) is 24.6 Å². The first-order chi connectivity index (χ1) is 10.3. The van der Waals surface area contributed by atoms with Gasteiger partial charge in [0.15, 0.2) is 0 Å². The van der Waals surface area contributed by atoms with E-state index in [1.165, 1.54) is 18.2 Å². The molecule has 10 nitrogen and oxygen atoms in total. The Kier molecular flexibility index (Phi) is 3.04. The molecule has 114 valence electrons. The lowest BCUT2D eigenvalue weighted by Gasteiger charge is -2.04. The number of aromatic nitrogens is 5. The quantitative estimate of drug-likeness (QED) is 0.590. The number of primary amides is 1. The number of fused-ring (bicyclic) bond motifs is 1. The smallest absolute Gasteiger partial charge is 0.290 e. The number of hydrogen-bond donors (Lipinski definition) is 3. The van der Waals surface area contributed by atoms with Crippen molar-refractivity contribution in [2.24, 2.45) is 5.73 Å². The number of benzene rings is 1. The first-order valence-corrected chi connectivity index (χ1v) is 7.54. The fourth-order valence-electron chi connectivity index (χ4n) is 2.02. The van der Waals surface area contributed by atoms with Gasteiger partial charge in [0.2, 0.25) is 0 Å². The predicted molar refractivity (Wildman–Crippen MR) is 76.6 cm³/mol. The molecule has 1 amide bonds. The molecule has 0 spiro atoms. The van der Waals surface area contributed by atoms with Crippen LogP contribution in [0, 0.1) is 0 Å². The third-order valence-corrected chi connectivity index (χ3v) is 4.80. The Morgan fingerprint density at radius 3 is 2.68 bits per heavy atom. The predicted octanol–water partition coefficient (Wildman–Crippen LogP) is -0.274.